The molecule has 5 heteroatoms. The third-order valence-corrected chi connectivity index (χ3v) is 3.81. The van der Waals surface area contributed by atoms with Gasteiger partial charge < -0.3 is 5.32 Å². The molecule has 1 atom stereocenters. The lowest BCUT2D eigenvalue weighted by Gasteiger charge is -2.24. The van der Waals surface area contributed by atoms with Gasteiger partial charge in [0.2, 0.25) is 0 Å². The van der Waals surface area contributed by atoms with Crippen LogP contribution >= 0.6 is 28.3 Å². The number of hydrogen-bond acceptors (Lipinski definition) is 2. The van der Waals surface area contributed by atoms with Crippen LogP contribution < -0.4 is 5.32 Å². The second-order valence-electron chi connectivity index (χ2n) is 4.56. The van der Waals surface area contributed by atoms with Crippen LogP contribution in [0, 0.1) is 5.82 Å². The van der Waals surface area contributed by atoms with Crippen molar-refractivity contribution in [1.29, 1.82) is 0 Å². The first-order chi connectivity index (χ1) is 8.20. The average Bonchev–Trinajstić information content (AvgIpc) is 2.72. The van der Waals surface area contributed by atoms with E-state index in [1.54, 1.807) is 6.07 Å². The van der Waals surface area contributed by atoms with Crippen LogP contribution in [-0.2, 0) is 6.54 Å². The largest absolute Gasteiger partial charge is 0.318 e. The molecular formula is C13H19BrClFN2. The molecule has 1 aromatic rings. The summed E-state index contributed by atoms with van der Waals surface area (Å²) in [4.78, 5) is 2.36. The van der Waals surface area contributed by atoms with Crippen molar-refractivity contribution in [2.45, 2.75) is 25.4 Å². The molecule has 0 spiro atoms. The highest BCUT2D eigenvalue weighted by atomic mass is 79.9. The zero-order valence-electron chi connectivity index (χ0n) is 10.5. The van der Waals surface area contributed by atoms with Gasteiger partial charge in [0.05, 0.1) is 0 Å². The second kappa shape index (κ2) is 7.43. The molecule has 1 fully saturated rings. The minimum absolute atomic E-state index is 0. The van der Waals surface area contributed by atoms with Crippen molar-refractivity contribution in [3.05, 3.63) is 34.1 Å². The number of nitrogens with zero attached hydrogens (tertiary/aromatic N) is 1. The second-order valence-corrected chi connectivity index (χ2v) is 5.48. The third-order valence-electron chi connectivity index (χ3n) is 3.32. The Bertz CT molecular complexity index is 389. The molecule has 2 rings (SSSR count). The number of likely N-dealkylation sites (N-methyl/N-ethyl adjacent to an activating group) is 1. The van der Waals surface area contributed by atoms with E-state index in [1.165, 1.54) is 18.9 Å². The summed E-state index contributed by atoms with van der Waals surface area (Å²) in [7, 11) is 1.97. The fraction of sp³-hybridized carbons (Fsp3) is 0.538. The summed E-state index contributed by atoms with van der Waals surface area (Å²) in [5, 5.41) is 3.21. The van der Waals surface area contributed by atoms with Crippen LogP contribution in [0.4, 0.5) is 4.39 Å². The predicted octanol–water partition coefficient (Wildman–Crippen LogP) is 3.19. The maximum atomic E-state index is 13.7. The Kier molecular flexibility index (Phi) is 6.57. The first kappa shape index (κ1) is 15.9. The predicted molar refractivity (Wildman–Crippen MR) is 78.7 cm³/mol. The molecule has 1 aliphatic heterocycles. The molecule has 0 amide bonds. The first-order valence-corrected chi connectivity index (χ1v) is 6.82. The highest BCUT2D eigenvalue weighted by Crippen LogP contribution is 2.22. The summed E-state index contributed by atoms with van der Waals surface area (Å²) < 4.78 is 14.6. The minimum Gasteiger partial charge on any atom is -0.318 e. The van der Waals surface area contributed by atoms with Gasteiger partial charge in [-0.1, -0.05) is 15.9 Å². The number of hydrogen-bond donors (Lipinski definition) is 1. The molecule has 1 aliphatic rings. The Morgan fingerprint density at radius 2 is 2.28 bits per heavy atom. The van der Waals surface area contributed by atoms with Crippen molar-refractivity contribution in [3.63, 3.8) is 0 Å². The van der Waals surface area contributed by atoms with Crippen LogP contribution in [0.5, 0.6) is 0 Å². The van der Waals surface area contributed by atoms with Crippen molar-refractivity contribution >= 4 is 28.3 Å². The molecule has 0 aliphatic carbocycles. The fourth-order valence-corrected chi connectivity index (χ4v) is 2.86. The molecule has 0 radical (unpaired) electrons. The Balaban J connectivity index is 0.00000162. The van der Waals surface area contributed by atoms with Gasteiger partial charge in [0, 0.05) is 29.2 Å². The lowest BCUT2D eigenvalue weighted by molar-refractivity contribution is 0.239. The molecule has 18 heavy (non-hydrogen) atoms. The molecule has 0 aromatic heterocycles. The maximum Gasteiger partial charge on any atom is 0.127 e. The lowest BCUT2D eigenvalue weighted by Crippen LogP contribution is -2.36. The monoisotopic (exact) mass is 336 g/mol. The minimum atomic E-state index is -0.108. The zero-order chi connectivity index (χ0) is 12.3. The van der Waals surface area contributed by atoms with E-state index in [2.05, 4.69) is 26.1 Å². The number of nitrogens with one attached hydrogen (secondary N) is 1. The van der Waals surface area contributed by atoms with Crippen molar-refractivity contribution < 1.29 is 4.39 Å². The molecule has 1 N–H and O–H groups in total. The summed E-state index contributed by atoms with van der Waals surface area (Å²) in [5.41, 5.74) is 0.780. The molecule has 1 saturated heterocycles. The van der Waals surface area contributed by atoms with Gasteiger partial charge in [0.15, 0.2) is 0 Å². The summed E-state index contributed by atoms with van der Waals surface area (Å²) in [6.07, 6.45) is 2.42. The quantitative estimate of drug-likeness (QED) is 0.908. The van der Waals surface area contributed by atoms with Crippen LogP contribution in [-0.4, -0.2) is 31.1 Å². The van der Waals surface area contributed by atoms with E-state index in [1.807, 2.05) is 13.1 Å². The zero-order valence-corrected chi connectivity index (χ0v) is 12.9. The van der Waals surface area contributed by atoms with Crippen molar-refractivity contribution in [1.82, 2.24) is 10.2 Å². The number of likely N-dealkylation sites (tertiary alicyclic amines) is 1. The number of rotatable bonds is 4. The van der Waals surface area contributed by atoms with E-state index < -0.39 is 0 Å². The van der Waals surface area contributed by atoms with Crippen LogP contribution in [0.2, 0.25) is 0 Å². The smallest absolute Gasteiger partial charge is 0.127 e. The third kappa shape index (κ3) is 3.92. The molecule has 1 unspecified atom stereocenters. The Morgan fingerprint density at radius 1 is 1.50 bits per heavy atom. The Hall–Kier alpha value is -0.160. The standard InChI is InChI=1S/C13H18BrFN2.ClH/c1-16-8-12-3-2-6-17(12)9-10-7-11(14)4-5-13(10)15;/h4-5,7,12,16H,2-3,6,8-9H2,1H3;1H. The van der Waals surface area contributed by atoms with Gasteiger partial charge >= 0.3 is 0 Å². The topological polar surface area (TPSA) is 15.3 Å². The Morgan fingerprint density at radius 3 is 3.00 bits per heavy atom. The normalized spacial score (nSPS) is 19.8. The van der Waals surface area contributed by atoms with Crippen LogP contribution in [0.15, 0.2) is 22.7 Å². The molecular weight excluding hydrogens is 319 g/mol. The van der Waals surface area contributed by atoms with E-state index in [9.17, 15) is 4.39 Å². The highest BCUT2D eigenvalue weighted by Gasteiger charge is 2.24. The highest BCUT2D eigenvalue weighted by molar-refractivity contribution is 9.10. The summed E-state index contributed by atoms with van der Waals surface area (Å²) >= 11 is 3.39. The van der Waals surface area contributed by atoms with Gasteiger partial charge in [-0.15, -0.1) is 12.4 Å². The van der Waals surface area contributed by atoms with E-state index in [4.69, 9.17) is 0 Å². The fourth-order valence-electron chi connectivity index (χ4n) is 2.45. The molecule has 1 heterocycles. The summed E-state index contributed by atoms with van der Waals surface area (Å²) in [6.45, 7) is 2.76. The van der Waals surface area contributed by atoms with Gasteiger partial charge in [0.25, 0.3) is 0 Å². The molecule has 2 nitrogen and oxygen atoms in total. The Labute approximate surface area is 122 Å². The van der Waals surface area contributed by atoms with Gasteiger partial charge in [-0.25, -0.2) is 4.39 Å². The van der Waals surface area contributed by atoms with Gasteiger partial charge in [-0.3, -0.25) is 4.90 Å². The lowest BCUT2D eigenvalue weighted by atomic mass is 10.1. The van der Waals surface area contributed by atoms with E-state index in [0.29, 0.717) is 12.6 Å². The van der Waals surface area contributed by atoms with Crippen LogP contribution in [0.25, 0.3) is 0 Å². The maximum absolute atomic E-state index is 13.7. The van der Waals surface area contributed by atoms with E-state index >= 15 is 0 Å². The van der Waals surface area contributed by atoms with Crippen molar-refractivity contribution in [2.24, 2.45) is 0 Å². The first-order valence-electron chi connectivity index (χ1n) is 6.03. The van der Waals surface area contributed by atoms with Crippen molar-refractivity contribution in [2.75, 3.05) is 20.1 Å². The van der Waals surface area contributed by atoms with Crippen LogP contribution in [0.3, 0.4) is 0 Å². The number of halogens is 3. The van der Waals surface area contributed by atoms with Crippen LogP contribution in [0.1, 0.15) is 18.4 Å². The SMILES string of the molecule is CNCC1CCCN1Cc1cc(Br)ccc1F.Cl. The van der Waals surface area contributed by atoms with Gasteiger partial charge in [-0.05, 0) is 44.6 Å². The number of benzene rings is 1. The van der Waals surface area contributed by atoms with E-state index in [-0.39, 0.29) is 18.2 Å². The summed E-state index contributed by atoms with van der Waals surface area (Å²) in [6, 6.07) is 5.69. The van der Waals surface area contributed by atoms with E-state index in [0.717, 1.165) is 23.1 Å². The van der Waals surface area contributed by atoms with Gasteiger partial charge in [0.1, 0.15) is 5.82 Å². The molecule has 0 bridgehead atoms. The van der Waals surface area contributed by atoms with Gasteiger partial charge in [-0.2, -0.15) is 0 Å². The average molecular weight is 338 g/mol. The molecule has 102 valence electrons. The molecule has 0 saturated carbocycles. The summed E-state index contributed by atoms with van der Waals surface area (Å²) in [5.74, 6) is -0.108. The molecule has 1 aromatic carbocycles. The van der Waals surface area contributed by atoms with Crippen molar-refractivity contribution in [3.8, 4) is 0 Å².